The summed E-state index contributed by atoms with van der Waals surface area (Å²) in [4.78, 5) is 10.6. The fraction of sp³-hybridized carbons (Fsp3) is 0.364. The predicted molar refractivity (Wildman–Crippen MR) is 66.7 cm³/mol. The number of hydrogen-bond acceptors (Lipinski definition) is 3. The van der Waals surface area contributed by atoms with Gasteiger partial charge in [-0.05, 0) is 25.5 Å². The van der Waals surface area contributed by atoms with E-state index in [1.807, 2.05) is 6.92 Å². The molecular formula is C11H16N2O4S. The minimum atomic E-state index is -3.71. The van der Waals surface area contributed by atoms with Crippen LogP contribution < -0.4 is 10.0 Å². The van der Waals surface area contributed by atoms with Gasteiger partial charge in [0.2, 0.25) is 10.0 Å². The molecule has 0 aliphatic rings. The van der Waals surface area contributed by atoms with Crippen molar-refractivity contribution in [3.8, 4) is 0 Å². The van der Waals surface area contributed by atoms with Crippen LogP contribution in [-0.4, -0.2) is 25.8 Å². The van der Waals surface area contributed by atoms with Crippen LogP contribution in [0.15, 0.2) is 29.2 Å². The molecule has 0 aliphatic heterocycles. The highest BCUT2D eigenvalue weighted by Crippen LogP contribution is 2.10. The van der Waals surface area contributed by atoms with E-state index in [4.69, 9.17) is 5.11 Å². The van der Waals surface area contributed by atoms with Crippen molar-refractivity contribution in [3.05, 3.63) is 29.8 Å². The molecular weight excluding hydrogens is 256 g/mol. The third-order valence-electron chi connectivity index (χ3n) is 2.33. The van der Waals surface area contributed by atoms with Crippen LogP contribution >= 0.6 is 0 Å². The van der Waals surface area contributed by atoms with Crippen LogP contribution in [0.2, 0.25) is 0 Å². The minimum Gasteiger partial charge on any atom is -0.465 e. The molecule has 1 amide bonds. The number of hydrogen-bond donors (Lipinski definition) is 3. The molecule has 0 saturated carbocycles. The fourth-order valence-electron chi connectivity index (χ4n) is 1.34. The highest BCUT2D eigenvalue weighted by Gasteiger charge is 2.19. The lowest BCUT2D eigenvalue weighted by molar-refractivity contribution is 0.188. The Kier molecular flexibility index (Phi) is 4.69. The van der Waals surface area contributed by atoms with Crippen LogP contribution in [0.3, 0.4) is 0 Å². The summed E-state index contributed by atoms with van der Waals surface area (Å²) in [6.45, 7) is 3.53. The van der Waals surface area contributed by atoms with Gasteiger partial charge in [-0.1, -0.05) is 24.6 Å². The van der Waals surface area contributed by atoms with Crippen molar-refractivity contribution in [3.63, 3.8) is 0 Å². The van der Waals surface area contributed by atoms with Crippen molar-refractivity contribution in [2.75, 3.05) is 0 Å². The standard InChI is InChI=1S/C11H16N2O4S/c1-3-10(12-11(14)15)13-18(16,17)9-6-4-8(2)5-7-9/h4-7,10,12-13H,3H2,1-2H3,(H,14,15). The van der Waals surface area contributed by atoms with E-state index in [-0.39, 0.29) is 4.90 Å². The van der Waals surface area contributed by atoms with Crippen LogP contribution in [-0.2, 0) is 10.0 Å². The van der Waals surface area contributed by atoms with Gasteiger partial charge >= 0.3 is 6.09 Å². The molecule has 1 unspecified atom stereocenters. The third-order valence-corrected chi connectivity index (χ3v) is 3.82. The number of rotatable bonds is 5. The summed E-state index contributed by atoms with van der Waals surface area (Å²) in [6, 6.07) is 6.32. The summed E-state index contributed by atoms with van der Waals surface area (Å²) >= 11 is 0. The van der Waals surface area contributed by atoms with Gasteiger partial charge in [-0.25, -0.2) is 13.2 Å². The summed E-state index contributed by atoms with van der Waals surface area (Å²) in [5.74, 6) is 0. The Morgan fingerprint density at radius 1 is 1.33 bits per heavy atom. The molecule has 0 saturated heterocycles. The monoisotopic (exact) mass is 272 g/mol. The van der Waals surface area contributed by atoms with Crippen LogP contribution in [0.1, 0.15) is 18.9 Å². The maximum absolute atomic E-state index is 12.0. The number of amides is 1. The van der Waals surface area contributed by atoms with Crippen molar-refractivity contribution in [1.82, 2.24) is 10.0 Å². The zero-order valence-electron chi connectivity index (χ0n) is 10.2. The first-order valence-electron chi connectivity index (χ1n) is 5.43. The van der Waals surface area contributed by atoms with Gasteiger partial charge in [-0.15, -0.1) is 0 Å². The van der Waals surface area contributed by atoms with Crippen LogP contribution in [0, 0.1) is 6.92 Å². The van der Waals surface area contributed by atoms with E-state index in [0.717, 1.165) is 5.56 Å². The SMILES string of the molecule is CCC(NC(=O)O)NS(=O)(=O)c1ccc(C)cc1. The van der Waals surface area contributed by atoms with Crippen molar-refractivity contribution < 1.29 is 18.3 Å². The van der Waals surface area contributed by atoms with Gasteiger partial charge in [0.05, 0.1) is 11.1 Å². The normalized spacial score (nSPS) is 13.0. The second-order valence-electron chi connectivity index (χ2n) is 3.84. The zero-order chi connectivity index (χ0) is 13.8. The smallest absolute Gasteiger partial charge is 0.405 e. The van der Waals surface area contributed by atoms with Gasteiger partial charge in [-0.3, -0.25) is 0 Å². The van der Waals surface area contributed by atoms with E-state index in [1.54, 1.807) is 19.1 Å². The van der Waals surface area contributed by atoms with E-state index in [0.29, 0.717) is 6.42 Å². The number of carboxylic acid groups (broad SMARTS) is 1. The Morgan fingerprint density at radius 3 is 2.33 bits per heavy atom. The van der Waals surface area contributed by atoms with Crippen LogP contribution in [0.5, 0.6) is 0 Å². The Bertz CT molecular complexity index is 510. The van der Waals surface area contributed by atoms with Crippen molar-refractivity contribution in [2.45, 2.75) is 31.3 Å². The van der Waals surface area contributed by atoms with Crippen LogP contribution in [0.25, 0.3) is 0 Å². The maximum atomic E-state index is 12.0. The molecule has 0 fully saturated rings. The molecule has 6 nitrogen and oxygen atoms in total. The molecule has 0 bridgehead atoms. The lowest BCUT2D eigenvalue weighted by Crippen LogP contribution is -2.46. The second kappa shape index (κ2) is 5.83. The summed E-state index contributed by atoms with van der Waals surface area (Å²) < 4.78 is 26.2. The summed E-state index contributed by atoms with van der Waals surface area (Å²) in [7, 11) is -3.71. The Morgan fingerprint density at radius 2 is 1.89 bits per heavy atom. The summed E-state index contributed by atoms with van der Waals surface area (Å²) in [6.07, 6.45) is -1.79. The fourth-order valence-corrected chi connectivity index (χ4v) is 2.57. The third kappa shape index (κ3) is 4.01. The van der Waals surface area contributed by atoms with Gasteiger partial charge in [-0.2, -0.15) is 4.72 Å². The second-order valence-corrected chi connectivity index (χ2v) is 5.56. The molecule has 0 heterocycles. The first-order chi connectivity index (χ1) is 8.35. The molecule has 1 aromatic carbocycles. The maximum Gasteiger partial charge on any atom is 0.405 e. The topological polar surface area (TPSA) is 95.5 Å². The molecule has 7 heteroatoms. The molecule has 1 atom stereocenters. The number of carbonyl (C=O) groups is 1. The molecule has 0 radical (unpaired) electrons. The van der Waals surface area contributed by atoms with E-state index < -0.39 is 22.3 Å². The molecule has 100 valence electrons. The van der Waals surface area contributed by atoms with E-state index in [2.05, 4.69) is 10.0 Å². The lowest BCUT2D eigenvalue weighted by atomic mass is 10.2. The number of sulfonamides is 1. The molecule has 0 aliphatic carbocycles. The predicted octanol–water partition coefficient (Wildman–Crippen LogP) is 1.28. The van der Waals surface area contributed by atoms with Gasteiger partial charge in [0.15, 0.2) is 0 Å². The highest BCUT2D eigenvalue weighted by atomic mass is 32.2. The average Bonchev–Trinajstić information content (AvgIpc) is 2.27. The zero-order valence-corrected chi connectivity index (χ0v) is 11.0. The highest BCUT2D eigenvalue weighted by molar-refractivity contribution is 7.89. The molecule has 18 heavy (non-hydrogen) atoms. The van der Waals surface area contributed by atoms with Gasteiger partial charge < -0.3 is 10.4 Å². The first kappa shape index (κ1) is 14.5. The van der Waals surface area contributed by atoms with Crippen LogP contribution in [0.4, 0.5) is 4.79 Å². The molecule has 0 spiro atoms. The lowest BCUT2D eigenvalue weighted by Gasteiger charge is -2.16. The average molecular weight is 272 g/mol. The van der Waals surface area contributed by atoms with E-state index in [9.17, 15) is 13.2 Å². The first-order valence-corrected chi connectivity index (χ1v) is 6.92. The van der Waals surface area contributed by atoms with Gasteiger partial charge in [0.1, 0.15) is 0 Å². The Hall–Kier alpha value is -1.60. The molecule has 1 rings (SSSR count). The van der Waals surface area contributed by atoms with E-state index >= 15 is 0 Å². The molecule has 3 N–H and O–H groups in total. The van der Waals surface area contributed by atoms with E-state index in [1.165, 1.54) is 12.1 Å². The molecule has 0 aromatic heterocycles. The largest absolute Gasteiger partial charge is 0.465 e. The van der Waals surface area contributed by atoms with Gasteiger partial charge in [0, 0.05) is 0 Å². The minimum absolute atomic E-state index is 0.110. The molecule has 1 aromatic rings. The Labute approximate surface area is 106 Å². The number of benzene rings is 1. The number of nitrogens with one attached hydrogen (secondary N) is 2. The summed E-state index contributed by atoms with van der Waals surface area (Å²) in [5.41, 5.74) is 0.949. The van der Waals surface area contributed by atoms with Crippen molar-refractivity contribution in [2.24, 2.45) is 0 Å². The number of aryl methyl sites for hydroxylation is 1. The van der Waals surface area contributed by atoms with Gasteiger partial charge in [0.25, 0.3) is 0 Å². The van der Waals surface area contributed by atoms with Crippen molar-refractivity contribution >= 4 is 16.1 Å². The quantitative estimate of drug-likeness (QED) is 0.703. The Balaban J connectivity index is 2.86. The van der Waals surface area contributed by atoms with Crippen molar-refractivity contribution in [1.29, 1.82) is 0 Å². The summed E-state index contributed by atoms with van der Waals surface area (Å²) in [5, 5.41) is 10.7.